The average molecular weight is 244 g/mol. The second-order valence-corrected chi connectivity index (χ2v) is 3.92. The first-order valence-corrected chi connectivity index (χ1v) is 5.45. The van der Waals surface area contributed by atoms with Crippen molar-refractivity contribution in [3.05, 3.63) is 22.2 Å². The molecule has 0 amide bonds. The second-order valence-electron chi connectivity index (χ2n) is 3.51. The van der Waals surface area contributed by atoms with Crippen LogP contribution in [0.1, 0.15) is 11.1 Å². The van der Waals surface area contributed by atoms with E-state index in [1.165, 1.54) is 0 Å². The zero-order valence-electron chi connectivity index (χ0n) is 9.30. The van der Waals surface area contributed by atoms with E-state index in [1.807, 2.05) is 6.92 Å². The van der Waals surface area contributed by atoms with Crippen LogP contribution in [0.5, 0.6) is 11.5 Å². The van der Waals surface area contributed by atoms with Crippen LogP contribution >= 0.6 is 11.6 Å². The summed E-state index contributed by atoms with van der Waals surface area (Å²) in [6.45, 7) is 3.61. The molecule has 0 unspecified atom stereocenters. The minimum absolute atomic E-state index is 0.536. The molecule has 0 aromatic heterocycles. The monoisotopic (exact) mass is 243 g/mol. The maximum atomic E-state index is 6.13. The van der Waals surface area contributed by atoms with Gasteiger partial charge in [0, 0.05) is 16.7 Å². The highest BCUT2D eigenvalue weighted by Gasteiger charge is 2.20. The van der Waals surface area contributed by atoms with Crippen LogP contribution in [0.15, 0.2) is 6.07 Å². The summed E-state index contributed by atoms with van der Waals surface area (Å²) in [5, 5.41) is 0.678. The molecule has 1 aromatic rings. The van der Waals surface area contributed by atoms with Gasteiger partial charge in [-0.2, -0.15) is 5.48 Å². The summed E-state index contributed by atoms with van der Waals surface area (Å²) in [6.07, 6.45) is 0. The molecule has 16 heavy (non-hydrogen) atoms. The standard InChI is InChI=1S/C11H14ClNO3/c1-7-8(6-13-14-2)11-10(5-9(7)12)15-3-4-16-11/h5,13H,3-4,6H2,1-2H3. The molecular weight excluding hydrogens is 230 g/mol. The van der Waals surface area contributed by atoms with Crippen molar-refractivity contribution in [1.82, 2.24) is 5.48 Å². The third kappa shape index (κ3) is 2.09. The molecule has 0 saturated heterocycles. The Hall–Kier alpha value is -0.970. The highest BCUT2D eigenvalue weighted by Crippen LogP contribution is 2.39. The van der Waals surface area contributed by atoms with E-state index in [4.69, 9.17) is 25.9 Å². The van der Waals surface area contributed by atoms with E-state index in [0.717, 1.165) is 16.9 Å². The number of hydrogen-bond acceptors (Lipinski definition) is 4. The fraction of sp³-hybridized carbons (Fsp3) is 0.455. The summed E-state index contributed by atoms with van der Waals surface area (Å²) in [4.78, 5) is 4.84. The lowest BCUT2D eigenvalue weighted by atomic mass is 10.1. The Bertz CT molecular complexity index is 395. The molecule has 0 bridgehead atoms. The molecule has 0 spiro atoms. The lowest BCUT2D eigenvalue weighted by Gasteiger charge is -2.23. The third-order valence-electron chi connectivity index (χ3n) is 2.55. The van der Waals surface area contributed by atoms with Gasteiger partial charge in [0.25, 0.3) is 0 Å². The summed E-state index contributed by atoms with van der Waals surface area (Å²) in [5.41, 5.74) is 4.75. The van der Waals surface area contributed by atoms with Gasteiger partial charge in [-0.1, -0.05) is 11.6 Å². The molecule has 0 atom stereocenters. The predicted molar refractivity (Wildman–Crippen MR) is 61.0 cm³/mol. The number of ether oxygens (including phenoxy) is 2. The van der Waals surface area contributed by atoms with Crippen LogP contribution in [0.3, 0.4) is 0 Å². The van der Waals surface area contributed by atoms with E-state index in [1.54, 1.807) is 13.2 Å². The summed E-state index contributed by atoms with van der Waals surface area (Å²) < 4.78 is 11.1. The molecule has 1 aliphatic rings. The first-order valence-electron chi connectivity index (χ1n) is 5.07. The molecule has 1 heterocycles. The van der Waals surface area contributed by atoms with Gasteiger partial charge in [0.05, 0.1) is 13.7 Å². The molecule has 0 fully saturated rings. The number of hydrogen-bond donors (Lipinski definition) is 1. The molecule has 2 rings (SSSR count). The van der Waals surface area contributed by atoms with E-state index in [-0.39, 0.29) is 0 Å². The Labute approximate surface area is 99.4 Å². The van der Waals surface area contributed by atoms with E-state index in [0.29, 0.717) is 30.5 Å². The van der Waals surface area contributed by atoms with Gasteiger partial charge in [-0.15, -0.1) is 0 Å². The van der Waals surface area contributed by atoms with Crippen LogP contribution in [-0.4, -0.2) is 20.3 Å². The fourth-order valence-corrected chi connectivity index (χ4v) is 1.88. The molecule has 0 radical (unpaired) electrons. The highest BCUT2D eigenvalue weighted by molar-refractivity contribution is 6.31. The van der Waals surface area contributed by atoms with E-state index >= 15 is 0 Å². The quantitative estimate of drug-likeness (QED) is 0.825. The van der Waals surface area contributed by atoms with Crippen molar-refractivity contribution in [1.29, 1.82) is 0 Å². The largest absolute Gasteiger partial charge is 0.486 e. The molecule has 4 nitrogen and oxygen atoms in total. The minimum atomic E-state index is 0.536. The number of fused-ring (bicyclic) bond motifs is 1. The van der Waals surface area contributed by atoms with Crippen molar-refractivity contribution in [2.45, 2.75) is 13.5 Å². The normalized spacial score (nSPS) is 13.9. The molecule has 0 saturated carbocycles. The Kier molecular flexibility index (Phi) is 3.53. The van der Waals surface area contributed by atoms with Crippen molar-refractivity contribution in [3.8, 4) is 11.5 Å². The minimum Gasteiger partial charge on any atom is -0.486 e. The zero-order valence-corrected chi connectivity index (χ0v) is 10.1. The Morgan fingerprint density at radius 1 is 1.44 bits per heavy atom. The first-order chi connectivity index (χ1) is 7.74. The summed E-state index contributed by atoms with van der Waals surface area (Å²) in [6, 6.07) is 1.79. The van der Waals surface area contributed by atoms with Gasteiger partial charge in [-0.3, -0.25) is 0 Å². The van der Waals surface area contributed by atoms with Crippen LogP contribution in [0.4, 0.5) is 0 Å². The van der Waals surface area contributed by atoms with Gasteiger partial charge in [-0.05, 0) is 12.5 Å². The smallest absolute Gasteiger partial charge is 0.166 e. The SMILES string of the molecule is CONCc1c(C)c(Cl)cc2c1OCCO2. The fourth-order valence-electron chi connectivity index (χ4n) is 1.67. The third-order valence-corrected chi connectivity index (χ3v) is 2.94. The Morgan fingerprint density at radius 3 is 2.94 bits per heavy atom. The topological polar surface area (TPSA) is 39.7 Å². The predicted octanol–water partition coefficient (Wildman–Crippen LogP) is 2.07. The molecule has 5 heteroatoms. The van der Waals surface area contributed by atoms with Crippen LogP contribution in [0.2, 0.25) is 5.02 Å². The van der Waals surface area contributed by atoms with Gasteiger partial charge >= 0.3 is 0 Å². The zero-order chi connectivity index (χ0) is 11.5. The number of rotatable bonds is 3. The number of nitrogens with one attached hydrogen (secondary N) is 1. The summed E-state index contributed by atoms with van der Waals surface area (Å²) in [7, 11) is 1.57. The molecule has 1 N–H and O–H groups in total. The van der Waals surface area contributed by atoms with Gasteiger partial charge in [-0.25, -0.2) is 0 Å². The summed E-state index contributed by atoms with van der Waals surface area (Å²) >= 11 is 6.13. The van der Waals surface area contributed by atoms with Gasteiger partial charge in [0.15, 0.2) is 11.5 Å². The van der Waals surface area contributed by atoms with Crippen LogP contribution < -0.4 is 15.0 Å². The lowest BCUT2D eigenvalue weighted by molar-refractivity contribution is 0.0847. The van der Waals surface area contributed by atoms with Gasteiger partial charge < -0.3 is 14.3 Å². The van der Waals surface area contributed by atoms with Crippen molar-refractivity contribution >= 4 is 11.6 Å². The van der Waals surface area contributed by atoms with Crippen LogP contribution in [-0.2, 0) is 11.4 Å². The van der Waals surface area contributed by atoms with Crippen LogP contribution in [0, 0.1) is 6.92 Å². The second kappa shape index (κ2) is 4.91. The molecule has 0 aliphatic carbocycles. The molecule has 1 aromatic carbocycles. The Balaban J connectivity index is 2.41. The van der Waals surface area contributed by atoms with E-state index < -0.39 is 0 Å². The number of benzene rings is 1. The Morgan fingerprint density at radius 2 is 2.19 bits per heavy atom. The van der Waals surface area contributed by atoms with Gasteiger partial charge in [0.2, 0.25) is 0 Å². The summed E-state index contributed by atoms with van der Waals surface area (Å²) in [5.74, 6) is 1.47. The van der Waals surface area contributed by atoms with Crippen molar-refractivity contribution in [3.63, 3.8) is 0 Å². The van der Waals surface area contributed by atoms with Crippen molar-refractivity contribution in [2.24, 2.45) is 0 Å². The van der Waals surface area contributed by atoms with Crippen LogP contribution in [0.25, 0.3) is 0 Å². The molecule has 88 valence electrons. The average Bonchev–Trinajstić information content (AvgIpc) is 2.30. The first kappa shape index (κ1) is 11.5. The lowest BCUT2D eigenvalue weighted by Crippen LogP contribution is -2.20. The van der Waals surface area contributed by atoms with E-state index in [9.17, 15) is 0 Å². The molecular formula is C11H14ClNO3. The molecule has 1 aliphatic heterocycles. The number of halogens is 1. The van der Waals surface area contributed by atoms with Crippen molar-refractivity contribution < 1.29 is 14.3 Å². The number of hydroxylamine groups is 1. The maximum absolute atomic E-state index is 6.13. The van der Waals surface area contributed by atoms with Crippen molar-refractivity contribution in [2.75, 3.05) is 20.3 Å². The van der Waals surface area contributed by atoms with Gasteiger partial charge in [0.1, 0.15) is 13.2 Å². The van der Waals surface area contributed by atoms with E-state index in [2.05, 4.69) is 5.48 Å². The maximum Gasteiger partial charge on any atom is 0.166 e. The highest BCUT2D eigenvalue weighted by atomic mass is 35.5.